The lowest BCUT2D eigenvalue weighted by Gasteiger charge is -2.59. The van der Waals surface area contributed by atoms with Crippen LogP contribution in [0.1, 0.15) is 161 Å². The average Bonchev–Trinajstić information content (AvgIpc) is 1.46. The molecular formula is C70H85N2O15P. The number of aliphatic hydroxyl groups excluding tert-OH is 1. The smallest absolute Gasteiger partial charge is 0.460 e. The number of ketones is 3. The van der Waals surface area contributed by atoms with Crippen LogP contribution in [0, 0.1) is 34.5 Å². The Bertz CT molecular complexity index is 3400. The van der Waals surface area contributed by atoms with Crippen LogP contribution in [0.25, 0.3) is 11.1 Å². The van der Waals surface area contributed by atoms with Crippen LogP contribution in [-0.4, -0.2) is 94.8 Å². The Balaban J connectivity index is 0.813. The summed E-state index contributed by atoms with van der Waals surface area (Å²) >= 11 is 0. The number of ether oxygens (including phenoxy) is 4. The van der Waals surface area contributed by atoms with Crippen molar-refractivity contribution in [3.63, 3.8) is 0 Å². The predicted octanol–water partition coefficient (Wildman–Crippen LogP) is 12.8. The number of alkyl carbamates (subject to hydrolysis) is 1. The molecule has 17 nitrogen and oxygen atoms in total. The second kappa shape index (κ2) is 24.7. The quantitative estimate of drug-likeness (QED) is 0.0552. The van der Waals surface area contributed by atoms with Gasteiger partial charge in [0.1, 0.15) is 18.8 Å². The minimum atomic E-state index is -4.35. The second-order valence-electron chi connectivity index (χ2n) is 28.2. The first-order chi connectivity index (χ1) is 41.4. The molecule has 5 aliphatic carbocycles. The molecule has 0 aromatic heterocycles. The van der Waals surface area contributed by atoms with Gasteiger partial charge in [0.15, 0.2) is 29.2 Å². The van der Waals surface area contributed by atoms with Gasteiger partial charge in [-0.25, -0.2) is 9.36 Å². The van der Waals surface area contributed by atoms with Crippen LogP contribution >= 0.6 is 7.82 Å². The van der Waals surface area contributed by atoms with Crippen molar-refractivity contribution >= 4 is 48.8 Å². The second-order valence-corrected chi connectivity index (χ2v) is 29.7. The molecular weight excluding hydrogens is 1140 g/mol. The Hall–Kier alpha value is -6.43. The number of carbonyl (C=O) groups excluding carboxylic acids is 6. The Kier molecular flexibility index (Phi) is 18.2. The van der Waals surface area contributed by atoms with Crippen molar-refractivity contribution in [2.75, 3.05) is 25.1 Å². The number of anilines is 1. The standard InChI is InChI=1S/C70H85N2O15P/c1-65(2,3)84-60(77)30-27-45(35-49(74)39-71-64(79)81-40-55-52-21-14-12-19-50(52)51-20-13-15-22-53(51)55)62(78)72-47-18-16-17-43(34-47)33-42-23-25-44(26-24-42)63-83-59-37-56-54-29-28-46-36-48(73)31-32-68(46,10)61(54)57(75)38-69(56,11)70(59,85-63)58(76)41-82-88(80,86-66(4,5)6)87-67(7,8)9/h12-26,31-32,34,36,45,54-57,59,61,63,75H,27-30,33,35,37-41H2,1-11H3,(H,71,79)(H,72,78)/t45-,54+,56+,57+,59-,61-,63-,68+,69+,70-/m1/s1. The average molecular weight is 1230 g/mol. The van der Waals surface area contributed by atoms with Gasteiger partial charge in [-0.3, -0.25) is 37.5 Å². The fourth-order valence-electron chi connectivity index (χ4n) is 14.9. The fraction of sp³-hybridized carbons (Fsp3) is 0.514. The van der Waals surface area contributed by atoms with E-state index in [2.05, 4.69) is 17.6 Å². The van der Waals surface area contributed by atoms with Gasteiger partial charge in [-0.15, -0.1) is 0 Å². The molecule has 6 aliphatic rings. The number of Topliss-reactive ketones (excluding diaryl/α,β-unsaturated/α-hetero) is 2. The van der Waals surface area contributed by atoms with Gasteiger partial charge in [-0.05, 0) is 170 Å². The Labute approximate surface area is 516 Å². The number of benzene rings is 4. The summed E-state index contributed by atoms with van der Waals surface area (Å²) in [5.74, 6) is -3.47. The van der Waals surface area contributed by atoms with Crippen molar-refractivity contribution in [1.29, 1.82) is 0 Å². The molecule has 1 aliphatic heterocycles. The van der Waals surface area contributed by atoms with Crippen LogP contribution in [0.15, 0.2) is 121 Å². The topological polar surface area (TPSA) is 228 Å². The monoisotopic (exact) mass is 1220 g/mol. The third kappa shape index (κ3) is 13.7. The molecule has 0 bridgehead atoms. The number of carbonyl (C=O) groups is 6. The van der Waals surface area contributed by atoms with Crippen molar-refractivity contribution < 1.29 is 71.0 Å². The number of allylic oxidation sites excluding steroid dienone is 4. The van der Waals surface area contributed by atoms with Gasteiger partial charge in [-0.2, -0.15) is 0 Å². The van der Waals surface area contributed by atoms with E-state index in [1.165, 1.54) is 0 Å². The van der Waals surface area contributed by atoms with Crippen molar-refractivity contribution in [2.24, 2.45) is 34.5 Å². The van der Waals surface area contributed by atoms with E-state index in [1.807, 2.05) is 104 Å². The van der Waals surface area contributed by atoms with Gasteiger partial charge in [0.05, 0.1) is 30.0 Å². The zero-order valence-electron chi connectivity index (χ0n) is 52.5. The first-order valence-corrected chi connectivity index (χ1v) is 32.3. The van der Waals surface area contributed by atoms with Gasteiger partial charge in [0.25, 0.3) is 0 Å². The summed E-state index contributed by atoms with van der Waals surface area (Å²) in [4.78, 5) is 81.5. The van der Waals surface area contributed by atoms with Crippen LogP contribution in [-0.2, 0) is 67.5 Å². The van der Waals surface area contributed by atoms with Crippen LogP contribution in [0.2, 0.25) is 0 Å². The van der Waals surface area contributed by atoms with Crippen LogP contribution in [0.4, 0.5) is 10.5 Å². The zero-order valence-corrected chi connectivity index (χ0v) is 53.4. The molecule has 3 saturated carbocycles. The molecule has 10 atom stereocenters. The van der Waals surface area contributed by atoms with Crippen molar-refractivity contribution in [3.8, 4) is 11.1 Å². The van der Waals surface area contributed by atoms with Crippen LogP contribution in [0.5, 0.6) is 0 Å². The van der Waals surface area contributed by atoms with E-state index in [-0.39, 0.29) is 68.3 Å². The number of hydrogen-bond acceptors (Lipinski definition) is 15. The SMILES string of the molecule is CC(C)(C)OC(=O)CC[C@H](CC(=O)CNC(=O)OCC1c2ccccc2-c2ccccc21)C(=O)Nc1cccc(Cc2ccc([C@@H]3O[C@@H]4C[C@H]5[C@@H]6CCC7=CC(=O)C=C[C@]7(C)[C@H]6[C@@H](O)C[C@]5(C)[C@]4(C(=O)COP(=O)(OC(C)(C)C)OC(C)(C)C)O3)cc2)c1. The minimum Gasteiger partial charge on any atom is -0.460 e. The number of amides is 2. The number of phosphoric acid groups is 1. The molecule has 4 fully saturated rings. The molecule has 10 rings (SSSR count). The predicted molar refractivity (Wildman–Crippen MR) is 331 cm³/mol. The summed E-state index contributed by atoms with van der Waals surface area (Å²) in [6.45, 7) is 18.7. The molecule has 470 valence electrons. The number of nitrogens with one attached hydrogen (secondary N) is 2. The maximum Gasteiger partial charge on any atom is 0.476 e. The Morgan fingerprint density at radius 3 is 2.12 bits per heavy atom. The van der Waals surface area contributed by atoms with E-state index in [0.29, 0.717) is 36.9 Å². The van der Waals surface area contributed by atoms with Gasteiger partial charge in [-0.1, -0.05) is 110 Å². The van der Waals surface area contributed by atoms with Crippen LogP contribution < -0.4 is 10.6 Å². The summed E-state index contributed by atoms with van der Waals surface area (Å²) in [6.07, 6.45) is 3.97. The van der Waals surface area contributed by atoms with Gasteiger partial charge < -0.3 is 34.7 Å². The summed E-state index contributed by atoms with van der Waals surface area (Å²) < 4.78 is 57.4. The Morgan fingerprint density at radius 2 is 1.48 bits per heavy atom. The van der Waals surface area contributed by atoms with Gasteiger partial charge in [0, 0.05) is 52.7 Å². The molecule has 0 spiro atoms. The highest BCUT2D eigenvalue weighted by atomic mass is 31.2. The van der Waals surface area contributed by atoms with E-state index in [9.17, 15) is 33.6 Å². The highest BCUT2D eigenvalue weighted by molar-refractivity contribution is 7.48. The summed E-state index contributed by atoms with van der Waals surface area (Å²) in [7, 11) is -4.35. The molecule has 0 radical (unpaired) electrons. The summed E-state index contributed by atoms with van der Waals surface area (Å²) in [6, 6.07) is 30.9. The third-order valence-corrected chi connectivity index (χ3v) is 20.4. The van der Waals surface area contributed by atoms with Crippen LogP contribution in [0.3, 0.4) is 0 Å². The van der Waals surface area contributed by atoms with E-state index in [0.717, 1.165) is 39.0 Å². The van der Waals surface area contributed by atoms with Crippen molar-refractivity contribution in [3.05, 3.63) is 149 Å². The molecule has 2 amide bonds. The largest absolute Gasteiger partial charge is 0.476 e. The molecule has 4 aromatic carbocycles. The molecule has 18 heteroatoms. The normalized spacial score (nSPS) is 26.7. The molecule has 1 heterocycles. The lowest BCUT2D eigenvalue weighted by atomic mass is 9.46. The summed E-state index contributed by atoms with van der Waals surface area (Å²) in [5, 5.41) is 17.9. The number of hydrogen-bond donors (Lipinski definition) is 3. The molecule has 88 heavy (non-hydrogen) atoms. The number of phosphoric ester groups is 1. The van der Waals surface area contributed by atoms with E-state index < -0.39 is 102 Å². The highest BCUT2D eigenvalue weighted by Gasteiger charge is 2.76. The molecule has 1 saturated heterocycles. The number of aliphatic hydroxyl groups is 1. The molecule has 3 N–H and O–H groups in total. The van der Waals surface area contributed by atoms with Crippen molar-refractivity contribution in [1.82, 2.24) is 5.32 Å². The maximum atomic E-state index is 15.4. The lowest BCUT2D eigenvalue weighted by Crippen LogP contribution is -2.63. The Morgan fingerprint density at radius 1 is 0.818 bits per heavy atom. The number of rotatable bonds is 20. The third-order valence-electron chi connectivity index (χ3n) is 18.4. The zero-order chi connectivity index (χ0) is 63.4. The van der Waals surface area contributed by atoms with E-state index in [4.69, 9.17) is 32.5 Å². The number of esters is 1. The minimum absolute atomic E-state index is 0.0191. The van der Waals surface area contributed by atoms with Gasteiger partial charge in [0.2, 0.25) is 5.91 Å². The lowest BCUT2D eigenvalue weighted by molar-refractivity contribution is -0.201. The first-order valence-electron chi connectivity index (χ1n) is 30.8. The van der Waals surface area contributed by atoms with E-state index in [1.54, 1.807) is 80.5 Å². The van der Waals surface area contributed by atoms with Gasteiger partial charge >= 0.3 is 19.9 Å². The highest BCUT2D eigenvalue weighted by Crippen LogP contribution is 2.71. The maximum absolute atomic E-state index is 15.4. The van der Waals surface area contributed by atoms with E-state index >= 15 is 4.79 Å². The number of fused-ring (bicyclic) bond motifs is 10. The molecule has 4 aromatic rings. The van der Waals surface area contributed by atoms with Crippen molar-refractivity contribution in [2.45, 2.75) is 174 Å². The fourth-order valence-corrected chi connectivity index (χ4v) is 16.7. The summed E-state index contributed by atoms with van der Waals surface area (Å²) in [5.41, 5.74) is 2.35. The molecule has 0 unspecified atom stereocenters. The first kappa shape index (κ1) is 64.6.